The number of nitrogens with one attached hydrogen (secondary N) is 1. The molecule has 0 aromatic heterocycles. The van der Waals surface area contributed by atoms with Crippen molar-refractivity contribution in [3.63, 3.8) is 0 Å². The van der Waals surface area contributed by atoms with Gasteiger partial charge in [-0.2, -0.15) is 0 Å². The lowest BCUT2D eigenvalue weighted by Crippen LogP contribution is -2.07. The molecule has 0 amide bonds. The van der Waals surface area contributed by atoms with Gasteiger partial charge in [0.15, 0.2) is 23.3 Å². The zero-order valence-electron chi connectivity index (χ0n) is 9.78. The van der Waals surface area contributed by atoms with Crippen molar-refractivity contribution in [2.45, 2.75) is 6.54 Å². The van der Waals surface area contributed by atoms with Crippen LogP contribution in [0.15, 0.2) is 28.7 Å². The van der Waals surface area contributed by atoms with E-state index in [2.05, 4.69) is 21.2 Å². The van der Waals surface area contributed by atoms with E-state index in [0.717, 1.165) is 4.47 Å². The van der Waals surface area contributed by atoms with Crippen LogP contribution in [0.4, 0.5) is 23.2 Å². The average Bonchev–Trinajstić information content (AvgIpc) is 2.38. The van der Waals surface area contributed by atoms with Gasteiger partial charge in [-0.1, -0.05) is 33.6 Å². The molecule has 0 saturated heterocycles. The molecule has 2 rings (SSSR count). The van der Waals surface area contributed by atoms with Crippen LogP contribution in [0, 0.1) is 23.3 Å². The maximum Gasteiger partial charge on any atom is 0.185 e. The summed E-state index contributed by atoms with van der Waals surface area (Å²) in [7, 11) is 0. The molecule has 0 atom stereocenters. The van der Waals surface area contributed by atoms with Gasteiger partial charge in [-0.15, -0.1) is 0 Å². The molecule has 2 aromatic carbocycles. The van der Waals surface area contributed by atoms with Gasteiger partial charge in [-0.25, -0.2) is 17.6 Å². The van der Waals surface area contributed by atoms with Gasteiger partial charge in [0.2, 0.25) is 0 Å². The quantitative estimate of drug-likeness (QED) is 0.575. The highest BCUT2D eigenvalue weighted by molar-refractivity contribution is 9.10. The minimum atomic E-state index is -1.47. The average molecular weight is 369 g/mol. The Bertz CT molecular complexity index is 637. The topological polar surface area (TPSA) is 12.0 Å². The lowest BCUT2D eigenvalue weighted by molar-refractivity contribution is 0.458. The van der Waals surface area contributed by atoms with Crippen molar-refractivity contribution in [3.05, 3.63) is 62.6 Å². The number of hydrogen-bond acceptors (Lipinski definition) is 1. The molecule has 0 aliphatic heterocycles. The van der Waals surface area contributed by atoms with Gasteiger partial charge in [0, 0.05) is 22.1 Å². The van der Waals surface area contributed by atoms with Crippen LogP contribution < -0.4 is 5.32 Å². The SMILES string of the molecule is Fc1cc(F)c(F)c(NCc2ccc(Br)cc2Cl)c1F. The number of benzene rings is 2. The summed E-state index contributed by atoms with van der Waals surface area (Å²) in [6.45, 7) is -0.0805. The molecule has 0 heterocycles. The van der Waals surface area contributed by atoms with Crippen LogP contribution in [0.2, 0.25) is 5.02 Å². The summed E-state index contributed by atoms with van der Waals surface area (Å²) in [5.41, 5.74) is -0.333. The smallest absolute Gasteiger partial charge is 0.185 e. The molecule has 0 bridgehead atoms. The minimum absolute atomic E-state index is 0.0805. The lowest BCUT2D eigenvalue weighted by Gasteiger charge is -2.11. The van der Waals surface area contributed by atoms with Crippen LogP contribution in [-0.4, -0.2) is 0 Å². The summed E-state index contributed by atoms with van der Waals surface area (Å²) in [4.78, 5) is 0. The summed E-state index contributed by atoms with van der Waals surface area (Å²) in [5.74, 6) is -5.88. The van der Waals surface area contributed by atoms with E-state index in [4.69, 9.17) is 11.6 Å². The third kappa shape index (κ3) is 3.07. The predicted molar refractivity (Wildman–Crippen MR) is 72.8 cm³/mol. The Kier molecular flexibility index (Phi) is 4.55. The lowest BCUT2D eigenvalue weighted by atomic mass is 10.2. The van der Waals surface area contributed by atoms with Crippen LogP contribution in [0.3, 0.4) is 0 Å². The fourth-order valence-electron chi connectivity index (χ4n) is 1.58. The van der Waals surface area contributed by atoms with E-state index in [-0.39, 0.29) is 12.6 Å². The minimum Gasteiger partial charge on any atom is -0.376 e. The molecule has 0 aliphatic rings. The second kappa shape index (κ2) is 6.01. The van der Waals surface area contributed by atoms with Gasteiger partial charge < -0.3 is 5.32 Å². The van der Waals surface area contributed by atoms with Crippen LogP contribution in [-0.2, 0) is 6.54 Å². The summed E-state index contributed by atoms with van der Waals surface area (Å²) < 4.78 is 53.6. The first kappa shape index (κ1) is 15.1. The Balaban J connectivity index is 2.27. The largest absolute Gasteiger partial charge is 0.376 e. The van der Waals surface area contributed by atoms with Crippen molar-refractivity contribution in [2.75, 3.05) is 5.32 Å². The number of anilines is 1. The van der Waals surface area contributed by atoms with E-state index in [0.29, 0.717) is 10.6 Å². The Morgan fingerprint density at radius 1 is 1.00 bits per heavy atom. The number of rotatable bonds is 3. The normalized spacial score (nSPS) is 10.7. The molecular formula is C13H7BrClF4N. The molecule has 1 N–H and O–H groups in total. The number of halogens is 6. The maximum absolute atomic E-state index is 13.4. The van der Waals surface area contributed by atoms with Crippen LogP contribution >= 0.6 is 27.5 Å². The van der Waals surface area contributed by atoms with Crippen molar-refractivity contribution in [2.24, 2.45) is 0 Å². The first-order valence-corrected chi connectivity index (χ1v) is 6.58. The van der Waals surface area contributed by atoms with Crippen LogP contribution in [0.1, 0.15) is 5.56 Å². The fourth-order valence-corrected chi connectivity index (χ4v) is 2.32. The fraction of sp³-hybridized carbons (Fsp3) is 0.0769. The molecule has 1 nitrogen and oxygen atoms in total. The maximum atomic E-state index is 13.4. The second-order valence-electron chi connectivity index (χ2n) is 3.93. The van der Waals surface area contributed by atoms with Crippen molar-refractivity contribution in [3.8, 4) is 0 Å². The van der Waals surface area contributed by atoms with E-state index < -0.39 is 29.0 Å². The molecule has 0 radical (unpaired) electrons. The monoisotopic (exact) mass is 367 g/mol. The first-order chi connectivity index (χ1) is 9.40. The molecule has 0 saturated carbocycles. The molecule has 0 unspecified atom stereocenters. The molecule has 106 valence electrons. The summed E-state index contributed by atoms with van der Waals surface area (Å²) in [5, 5.41) is 2.66. The Hall–Kier alpha value is -1.27. The predicted octanol–water partition coefficient (Wildman–Crippen LogP) is 5.27. The third-order valence-electron chi connectivity index (χ3n) is 2.58. The molecule has 2 aromatic rings. The Morgan fingerprint density at radius 3 is 2.15 bits per heavy atom. The van der Waals surface area contributed by atoms with Crippen molar-refractivity contribution >= 4 is 33.2 Å². The van der Waals surface area contributed by atoms with Gasteiger partial charge >= 0.3 is 0 Å². The molecular weight excluding hydrogens is 361 g/mol. The van der Waals surface area contributed by atoms with Gasteiger partial charge in [0.1, 0.15) is 5.69 Å². The molecule has 0 aliphatic carbocycles. The summed E-state index contributed by atoms with van der Waals surface area (Å²) in [6.07, 6.45) is 0. The Morgan fingerprint density at radius 2 is 1.60 bits per heavy atom. The van der Waals surface area contributed by atoms with Crippen molar-refractivity contribution in [1.29, 1.82) is 0 Å². The molecule has 0 spiro atoms. The van der Waals surface area contributed by atoms with E-state index in [1.54, 1.807) is 18.2 Å². The molecule has 20 heavy (non-hydrogen) atoms. The number of hydrogen-bond donors (Lipinski definition) is 1. The van der Waals surface area contributed by atoms with Crippen LogP contribution in [0.25, 0.3) is 0 Å². The van der Waals surface area contributed by atoms with Gasteiger partial charge in [-0.05, 0) is 17.7 Å². The highest BCUT2D eigenvalue weighted by atomic mass is 79.9. The molecule has 0 fully saturated rings. The van der Waals surface area contributed by atoms with Gasteiger partial charge in [-0.3, -0.25) is 0 Å². The highest BCUT2D eigenvalue weighted by Gasteiger charge is 2.18. The Labute approximate surface area is 125 Å². The molecule has 7 heteroatoms. The van der Waals surface area contributed by atoms with Crippen molar-refractivity contribution in [1.82, 2.24) is 0 Å². The van der Waals surface area contributed by atoms with Crippen molar-refractivity contribution < 1.29 is 17.6 Å². The van der Waals surface area contributed by atoms with Gasteiger partial charge in [0.05, 0.1) is 0 Å². The van der Waals surface area contributed by atoms with Gasteiger partial charge in [0.25, 0.3) is 0 Å². The zero-order chi connectivity index (χ0) is 14.9. The van der Waals surface area contributed by atoms with E-state index in [1.807, 2.05) is 0 Å². The first-order valence-electron chi connectivity index (χ1n) is 5.41. The van der Waals surface area contributed by atoms with E-state index in [9.17, 15) is 17.6 Å². The van der Waals surface area contributed by atoms with Crippen LogP contribution in [0.5, 0.6) is 0 Å². The standard InChI is InChI=1S/C13H7BrClF4N/c14-7-2-1-6(8(15)3-7)5-20-13-11(18)9(16)4-10(17)12(13)19/h1-4,20H,5H2. The van der Waals surface area contributed by atoms with E-state index in [1.165, 1.54) is 0 Å². The summed E-state index contributed by atoms with van der Waals surface area (Å²) in [6, 6.07) is 5.05. The summed E-state index contributed by atoms with van der Waals surface area (Å²) >= 11 is 9.14. The van der Waals surface area contributed by atoms with E-state index >= 15 is 0 Å². The third-order valence-corrected chi connectivity index (χ3v) is 3.43. The second-order valence-corrected chi connectivity index (χ2v) is 5.26. The highest BCUT2D eigenvalue weighted by Crippen LogP contribution is 2.26. The zero-order valence-corrected chi connectivity index (χ0v) is 12.1.